The second-order valence-corrected chi connectivity index (χ2v) is 6.29. The molecule has 0 aliphatic carbocycles. The fourth-order valence-corrected chi connectivity index (χ4v) is 2.17. The first kappa shape index (κ1) is 28.7. The summed E-state index contributed by atoms with van der Waals surface area (Å²) in [6.07, 6.45) is 0. The molecule has 0 unspecified atom stereocenters. The molecule has 0 radical (unpaired) electrons. The fourth-order valence-electron chi connectivity index (χ4n) is 2.17. The van der Waals surface area contributed by atoms with Crippen LogP contribution in [0.5, 0.6) is 23.0 Å². The Bertz CT molecular complexity index is 1010. The minimum Gasteiger partial charge on any atom is -0.484 e. The van der Waals surface area contributed by atoms with Gasteiger partial charge in [-0.25, -0.2) is 10.3 Å². The highest BCUT2D eigenvalue weighted by molar-refractivity contribution is 5.76. The number of amides is 1. The predicted octanol–water partition coefficient (Wildman–Crippen LogP) is 3.00. The molecule has 1 amide bonds. The molecule has 0 heterocycles. The lowest BCUT2D eigenvalue weighted by atomic mass is 10.3. The number of ether oxygens (including phenoxy) is 5. The number of hydroxylamine groups is 1. The number of hydrogen-bond acceptors (Lipinski definition) is 8. The molecule has 2 aromatic rings. The van der Waals surface area contributed by atoms with E-state index >= 15 is 0 Å². The first-order valence-corrected chi connectivity index (χ1v) is 10.6. The Morgan fingerprint density at radius 1 is 0.743 bits per heavy atom. The van der Waals surface area contributed by atoms with Crippen LogP contribution in [-0.4, -0.2) is 50.1 Å². The summed E-state index contributed by atoms with van der Waals surface area (Å²) in [6, 6.07) is 13.7. The van der Waals surface area contributed by atoms with Crippen LogP contribution in [0, 0.1) is 23.7 Å². The van der Waals surface area contributed by atoms with Gasteiger partial charge in [0, 0.05) is 0 Å². The van der Waals surface area contributed by atoms with Crippen LogP contribution in [0.15, 0.2) is 48.5 Å². The number of nitrogens with one attached hydrogen (secondary N) is 1. The lowest BCUT2D eigenvalue weighted by Crippen LogP contribution is -2.25. The van der Waals surface area contributed by atoms with Crippen LogP contribution in [0.2, 0.25) is 0 Å². The van der Waals surface area contributed by atoms with E-state index in [4.69, 9.17) is 28.9 Å². The zero-order chi connectivity index (χ0) is 25.7. The van der Waals surface area contributed by atoms with Crippen molar-refractivity contribution in [2.75, 3.05) is 33.0 Å². The third-order valence-electron chi connectivity index (χ3n) is 3.78. The Morgan fingerprint density at radius 2 is 1.14 bits per heavy atom. The van der Waals surface area contributed by atoms with Gasteiger partial charge in [0.15, 0.2) is 13.2 Å². The fraction of sp³-hybridized carbons (Fsp3) is 0.308. The van der Waals surface area contributed by atoms with E-state index in [1.807, 2.05) is 0 Å². The third kappa shape index (κ3) is 13.7. The van der Waals surface area contributed by atoms with Crippen LogP contribution < -0.4 is 24.4 Å². The average Bonchev–Trinajstić information content (AvgIpc) is 2.88. The van der Waals surface area contributed by atoms with Gasteiger partial charge in [0.25, 0.3) is 5.91 Å². The number of carbonyl (C=O) groups excluding carboxylic acids is 2. The summed E-state index contributed by atoms with van der Waals surface area (Å²) in [5, 5.41) is 8.26. The summed E-state index contributed by atoms with van der Waals surface area (Å²) in [7, 11) is 0. The molecule has 35 heavy (non-hydrogen) atoms. The molecule has 2 aromatic carbocycles. The van der Waals surface area contributed by atoms with Gasteiger partial charge >= 0.3 is 5.97 Å². The molecule has 9 heteroatoms. The highest BCUT2D eigenvalue weighted by Crippen LogP contribution is 2.18. The maximum atomic E-state index is 11.1. The van der Waals surface area contributed by atoms with Crippen molar-refractivity contribution in [2.45, 2.75) is 20.8 Å². The molecule has 2 rings (SSSR count). The number of benzene rings is 2. The minimum absolute atomic E-state index is 0.0879. The van der Waals surface area contributed by atoms with Crippen molar-refractivity contribution in [3.8, 4) is 46.7 Å². The Morgan fingerprint density at radius 3 is 1.51 bits per heavy atom. The summed E-state index contributed by atoms with van der Waals surface area (Å²) in [6.45, 7) is 5.98. The SMILES string of the molecule is CC#CCOc1ccc(OCC(=O)NO)cc1.CC#CCOc1ccc(OCC(=O)OCC)cc1. The van der Waals surface area contributed by atoms with Gasteiger partial charge in [-0.2, -0.15) is 0 Å². The van der Waals surface area contributed by atoms with E-state index in [0.717, 1.165) is 0 Å². The zero-order valence-electron chi connectivity index (χ0n) is 20.0. The van der Waals surface area contributed by atoms with Crippen LogP contribution in [0.3, 0.4) is 0 Å². The number of esters is 1. The Hall–Kier alpha value is -4.34. The van der Waals surface area contributed by atoms with Gasteiger partial charge < -0.3 is 23.7 Å². The molecule has 2 N–H and O–H groups in total. The quantitative estimate of drug-likeness (QED) is 0.217. The van der Waals surface area contributed by atoms with Crippen LogP contribution >= 0.6 is 0 Å². The number of hydrogen-bond donors (Lipinski definition) is 2. The van der Waals surface area contributed by atoms with E-state index in [9.17, 15) is 9.59 Å². The largest absolute Gasteiger partial charge is 0.484 e. The minimum atomic E-state index is -0.608. The van der Waals surface area contributed by atoms with Crippen molar-refractivity contribution >= 4 is 11.9 Å². The lowest BCUT2D eigenvalue weighted by molar-refractivity contribution is -0.145. The van der Waals surface area contributed by atoms with Gasteiger partial charge in [0.2, 0.25) is 0 Å². The maximum absolute atomic E-state index is 11.1. The van der Waals surface area contributed by atoms with Crippen LogP contribution in [0.25, 0.3) is 0 Å². The number of rotatable bonds is 11. The van der Waals surface area contributed by atoms with Gasteiger partial charge in [-0.15, -0.1) is 11.8 Å². The third-order valence-corrected chi connectivity index (χ3v) is 3.78. The molecule has 0 aromatic heterocycles. The molecular weight excluding hydrogens is 454 g/mol. The summed E-state index contributed by atoms with van der Waals surface area (Å²) in [5.41, 5.74) is 1.48. The van der Waals surface area contributed by atoms with E-state index < -0.39 is 5.91 Å². The summed E-state index contributed by atoms with van der Waals surface area (Å²) in [4.78, 5) is 21.8. The first-order valence-electron chi connectivity index (χ1n) is 10.6. The highest BCUT2D eigenvalue weighted by atomic mass is 16.6. The molecule has 0 fully saturated rings. The monoisotopic (exact) mass is 483 g/mol. The summed E-state index contributed by atoms with van der Waals surface area (Å²) in [5.74, 6) is 12.5. The second-order valence-electron chi connectivity index (χ2n) is 6.29. The number of carbonyl (C=O) groups is 2. The predicted molar refractivity (Wildman–Crippen MR) is 128 cm³/mol. The first-order chi connectivity index (χ1) is 17.0. The Balaban J connectivity index is 0.000000351. The van der Waals surface area contributed by atoms with E-state index in [2.05, 4.69) is 23.7 Å². The standard InChI is InChI=1S/C14H16O4.C12H13NO4/c1-3-5-10-17-12-6-8-13(9-7-12)18-11-14(15)16-4-2;1-2-3-8-16-10-4-6-11(7-5-10)17-9-12(14)13-15/h6-9H,4,10-11H2,1-2H3;4-7,15H,8-9H2,1H3,(H,13,14). The van der Waals surface area contributed by atoms with Crippen molar-refractivity contribution in [1.82, 2.24) is 5.48 Å². The normalized spacial score (nSPS) is 8.91. The van der Waals surface area contributed by atoms with Gasteiger partial charge in [-0.1, -0.05) is 11.8 Å². The molecule has 0 aliphatic heterocycles. The van der Waals surface area contributed by atoms with Gasteiger partial charge in [-0.3, -0.25) is 10.0 Å². The van der Waals surface area contributed by atoms with Crippen LogP contribution in [0.4, 0.5) is 0 Å². The smallest absolute Gasteiger partial charge is 0.344 e. The van der Waals surface area contributed by atoms with Crippen LogP contribution in [-0.2, 0) is 14.3 Å². The molecule has 0 spiro atoms. The topological polar surface area (TPSA) is 113 Å². The van der Waals surface area contributed by atoms with E-state index in [0.29, 0.717) is 42.8 Å². The van der Waals surface area contributed by atoms with E-state index in [1.165, 1.54) is 5.48 Å². The van der Waals surface area contributed by atoms with Crippen molar-refractivity contribution in [3.63, 3.8) is 0 Å². The zero-order valence-corrected chi connectivity index (χ0v) is 20.0. The molecular formula is C26H29NO8. The Kier molecular flexibility index (Phi) is 14.9. The van der Waals surface area contributed by atoms with Crippen molar-refractivity contribution in [3.05, 3.63) is 48.5 Å². The second kappa shape index (κ2) is 18.1. The summed E-state index contributed by atoms with van der Waals surface area (Å²) >= 11 is 0. The van der Waals surface area contributed by atoms with Crippen molar-refractivity contribution in [1.29, 1.82) is 0 Å². The molecule has 0 saturated carbocycles. The van der Waals surface area contributed by atoms with E-state index in [-0.39, 0.29) is 19.2 Å². The molecule has 0 saturated heterocycles. The van der Waals surface area contributed by atoms with Crippen molar-refractivity contribution in [2.24, 2.45) is 0 Å². The Labute approximate surface area is 205 Å². The molecule has 0 aliphatic rings. The molecule has 186 valence electrons. The molecule has 9 nitrogen and oxygen atoms in total. The van der Waals surface area contributed by atoms with Crippen LogP contribution in [0.1, 0.15) is 20.8 Å². The lowest BCUT2D eigenvalue weighted by Gasteiger charge is -2.06. The van der Waals surface area contributed by atoms with Gasteiger partial charge in [0.1, 0.15) is 36.2 Å². The van der Waals surface area contributed by atoms with Gasteiger partial charge in [-0.05, 0) is 69.3 Å². The average molecular weight is 484 g/mol. The molecule has 0 atom stereocenters. The van der Waals surface area contributed by atoms with Gasteiger partial charge in [0.05, 0.1) is 6.61 Å². The molecule has 0 bridgehead atoms. The highest BCUT2D eigenvalue weighted by Gasteiger charge is 2.03. The van der Waals surface area contributed by atoms with Crippen molar-refractivity contribution < 1.29 is 38.5 Å². The summed E-state index contributed by atoms with van der Waals surface area (Å²) < 4.78 is 25.7. The van der Waals surface area contributed by atoms with E-state index in [1.54, 1.807) is 69.3 Å². The maximum Gasteiger partial charge on any atom is 0.344 e.